The largest absolute Gasteiger partial charge is 0.489 e. The quantitative estimate of drug-likeness (QED) is 0.298. The number of hydrogen-bond acceptors (Lipinski definition) is 5. The number of unbranched alkanes of at least 4 members (excludes halogenated alkanes) is 2. The molecule has 0 aliphatic carbocycles. The van der Waals surface area contributed by atoms with Crippen LogP contribution < -0.4 is 14.2 Å². The molecule has 0 bridgehead atoms. The second-order valence-electron chi connectivity index (χ2n) is 11.6. The van der Waals surface area contributed by atoms with Crippen LogP contribution in [-0.4, -0.2) is 39.5 Å². The van der Waals surface area contributed by atoms with E-state index in [0.717, 1.165) is 48.2 Å². The van der Waals surface area contributed by atoms with Crippen LogP contribution in [0, 0.1) is 5.41 Å². The molecule has 0 saturated carbocycles. The Morgan fingerprint density at radius 2 is 1.60 bits per heavy atom. The molecule has 1 N–H and O–H groups in total. The number of aliphatic hydroxyl groups is 1. The van der Waals surface area contributed by atoms with Crippen molar-refractivity contribution in [2.45, 2.75) is 75.9 Å². The summed E-state index contributed by atoms with van der Waals surface area (Å²) in [7, 11) is 2.26. The Hall–Kier alpha value is -2.90. The lowest BCUT2D eigenvalue weighted by atomic mass is 9.68. The van der Waals surface area contributed by atoms with Crippen molar-refractivity contribution in [2.75, 3.05) is 24.7 Å². The molecule has 0 spiro atoms. The van der Waals surface area contributed by atoms with Crippen molar-refractivity contribution in [2.24, 2.45) is 12.5 Å². The number of anilines is 1. The van der Waals surface area contributed by atoms with E-state index in [1.165, 1.54) is 0 Å². The van der Waals surface area contributed by atoms with E-state index in [2.05, 4.69) is 13.8 Å². The minimum absolute atomic E-state index is 0.0258. The average Bonchev–Trinajstić information content (AvgIpc) is 3.01. The molecule has 1 unspecified atom stereocenters. The molecule has 40 heavy (non-hydrogen) atoms. The third-order valence-electron chi connectivity index (χ3n) is 8.35. The van der Waals surface area contributed by atoms with Crippen LogP contribution in [0.4, 0.5) is 5.69 Å². The molecule has 1 aliphatic heterocycles. The van der Waals surface area contributed by atoms with E-state index in [9.17, 15) is 13.5 Å². The fraction of sp³-hybridized carbons (Fsp3) is 0.485. The first-order valence-corrected chi connectivity index (χ1v) is 16.1. The Morgan fingerprint density at radius 3 is 2.17 bits per heavy atom. The number of nitrogens with zero attached hydrogens (tertiary/aromatic N) is 2. The van der Waals surface area contributed by atoms with E-state index in [0.29, 0.717) is 29.9 Å². The number of hydrogen-bond donors (Lipinski definition) is 1. The van der Waals surface area contributed by atoms with Gasteiger partial charge >= 0.3 is 0 Å². The molecule has 4 rings (SSSR count). The maximum atomic E-state index is 14.0. The van der Waals surface area contributed by atoms with Crippen molar-refractivity contribution >= 4 is 15.5 Å². The lowest BCUT2D eigenvalue weighted by Gasteiger charge is -2.40. The van der Waals surface area contributed by atoms with E-state index >= 15 is 0 Å². The normalized spacial score (nSPS) is 19.4. The van der Waals surface area contributed by atoms with Crippen LogP contribution >= 0.6 is 0 Å². The number of fused-ring (bicyclic) bond motifs is 1. The molecule has 0 amide bonds. The van der Waals surface area contributed by atoms with Crippen LogP contribution in [0.5, 0.6) is 5.75 Å². The molecular weight excluding hydrogens is 520 g/mol. The van der Waals surface area contributed by atoms with Crippen molar-refractivity contribution < 1.29 is 22.8 Å². The second-order valence-corrected chi connectivity index (χ2v) is 13.6. The average molecular weight is 566 g/mol. The van der Waals surface area contributed by atoms with Gasteiger partial charge in [-0.3, -0.25) is 0 Å². The highest BCUT2D eigenvalue weighted by Crippen LogP contribution is 2.50. The van der Waals surface area contributed by atoms with E-state index in [-0.39, 0.29) is 5.75 Å². The minimum Gasteiger partial charge on any atom is -0.489 e. The third-order valence-corrected chi connectivity index (χ3v) is 10.3. The highest BCUT2D eigenvalue weighted by Gasteiger charge is 2.49. The standard InChI is InChI=1S/C33H45N2O4S/c1-6-8-18-33(19-9-7-2)24-40(37,38)30-15-12-27(34(3)4)22-29(30)31(32(33)36)26-10-13-28(14-11-26)39-23-25-16-20-35(5)21-17-25/h10-17,20-22,31-32,36H,6-9,18-19,23-24H2,1-5H3/q+1/t31-,32?/m1/s1. The van der Waals surface area contributed by atoms with Crippen LogP contribution in [0.15, 0.2) is 71.9 Å². The summed E-state index contributed by atoms with van der Waals surface area (Å²) < 4.78 is 36.0. The molecule has 3 aromatic rings. The summed E-state index contributed by atoms with van der Waals surface area (Å²) in [5, 5.41) is 12.3. The number of aromatic nitrogens is 1. The van der Waals surface area contributed by atoms with E-state index < -0.39 is 27.3 Å². The lowest BCUT2D eigenvalue weighted by Crippen LogP contribution is -2.43. The smallest absolute Gasteiger partial charge is 0.179 e. The van der Waals surface area contributed by atoms with Gasteiger partial charge < -0.3 is 14.7 Å². The summed E-state index contributed by atoms with van der Waals surface area (Å²) in [5.74, 6) is 0.240. The predicted octanol–water partition coefficient (Wildman–Crippen LogP) is 5.80. The van der Waals surface area contributed by atoms with Gasteiger partial charge in [0.25, 0.3) is 0 Å². The van der Waals surface area contributed by atoms with Gasteiger partial charge in [-0.25, -0.2) is 13.0 Å². The monoisotopic (exact) mass is 565 g/mol. The lowest BCUT2D eigenvalue weighted by molar-refractivity contribution is -0.671. The molecule has 7 heteroatoms. The zero-order valence-corrected chi connectivity index (χ0v) is 25.5. The molecule has 1 aromatic heterocycles. The van der Waals surface area contributed by atoms with Gasteiger partial charge in [0, 0.05) is 48.8 Å². The first-order chi connectivity index (χ1) is 19.1. The van der Waals surface area contributed by atoms with Crippen LogP contribution in [0.1, 0.15) is 75.0 Å². The number of aryl methyl sites for hydroxylation is 1. The van der Waals surface area contributed by atoms with Gasteiger partial charge in [0.15, 0.2) is 22.2 Å². The highest BCUT2D eigenvalue weighted by atomic mass is 32.2. The van der Waals surface area contributed by atoms with Gasteiger partial charge in [-0.05, 0) is 54.3 Å². The summed E-state index contributed by atoms with van der Waals surface area (Å²) in [6.45, 7) is 4.69. The molecule has 0 radical (unpaired) electrons. The Balaban J connectivity index is 1.78. The van der Waals surface area contributed by atoms with Gasteiger partial charge in [0.1, 0.15) is 19.4 Å². The van der Waals surface area contributed by atoms with E-state index in [1.54, 1.807) is 6.07 Å². The number of ether oxygens (including phenoxy) is 1. The van der Waals surface area contributed by atoms with Crippen molar-refractivity contribution in [1.82, 2.24) is 0 Å². The van der Waals surface area contributed by atoms with Gasteiger partial charge in [0.05, 0.1) is 16.8 Å². The molecule has 2 heterocycles. The van der Waals surface area contributed by atoms with Crippen molar-refractivity contribution in [3.05, 3.63) is 83.7 Å². The summed E-state index contributed by atoms with van der Waals surface area (Å²) in [5.41, 5.74) is 2.86. The van der Waals surface area contributed by atoms with Crippen LogP contribution in [-0.2, 0) is 23.5 Å². The zero-order valence-electron chi connectivity index (χ0n) is 24.6. The molecule has 216 valence electrons. The Kier molecular flexibility index (Phi) is 9.57. The molecule has 0 fully saturated rings. The van der Waals surface area contributed by atoms with E-state index in [1.807, 2.05) is 91.5 Å². The Labute approximate surface area is 240 Å². The molecule has 2 aromatic carbocycles. The number of benzene rings is 2. The predicted molar refractivity (Wildman–Crippen MR) is 161 cm³/mol. The Bertz CT molecular complexity index is 1360. The molecule has 2 atom stereocenters. The van der Waals surface area contributed by atoms with Gasteiger partial charge in [-0.1, -0.05) is 51.7 Å². The highest BCUT2D eigenvalue weighted by molar-refractivity contribution is 7.91. The molecular formula is C33H45N2O4S+. The van der Waals surface area contributed by atoms with Gasteiger partial charge in [-0.15, -0.1) is 0 Å². The maximum Gasteiger partial charge on any atom is 0.179 e. The van der Waals surface area contributed by atoms with Gasteiger partial charge in [0.2, 0.25) is 0 Å². The summed E-state index contributed by atoms with van der Waals surface area (Å²) in [6, 6.07) is 17.5. The summed E-state index contributed by atoms with van der Waals surface area (Å²) >= 11 is 0. The van der Waals surface area contributed by atoms with Crippen LogP contribution in [0.25, 0.3) is 0 Å². The molecule has 6 nitrogen and oxygen atoms in total. The fourth-order valence-corrected chi connectivity index (χ4v) is 8.15. The maximum absolute atomic E-state index is 14.0. The summed E-state index contributed by atoms with van der Waals surface area (Å²) in [6.07, 6.45) is 8.19. The van der Waals surface area contributed by atoms with E-state index in [4.69, 9.17) is 4.74 Å². The van der Waals surface area contributed by atoms with Crippen LogP contribution in [0.2, 0.25) is 0 Å². The number of rotatable bonds is 11. The first-order valence-electron chi connectivity index (χ1n) is 14.5. The summed E-state index contributed by atoms with van der Waals surface area (Å²) in [4.78, 5) is 2.32. The molecule has 1 aliphatic rings. The fourth-order valence-electron chi connectivity index (χ4n) is 5.96. The zero-order chi connectivity index (χ0) is 28.9. The Morgan fingerprint density at radius 1 is 0.975 bits per heavy atom. The molecule has 0 saturated heterocycles. The number of sulfone groups is 1. The third kappa shape index (κ3) is 6.52. The van der Waals surface area contributed by atoms with Crippen molar-refractivity contribution in [1.29, 1.82) is 0 Å². The second kappa shape index (κ2) is 12.7. The first kappa shape index (κ1) is 30.1. The SMILES string of the molecule is CCCCC1(CCCC)CS(=O)(=O)c2ccc(N(C)C)cc2[C@@H](c2ccc(OCc3cc[n+](C)cc3)cc2)C1O. The van der Waals surface area contributed by atoms with Crippen molar-refractivity contribution in [3.63, 3.8) is 0 Å². The number of aliphatic hydroxyl groups excluding tert-OH is 1. The number of pyridine rings is 1. The van der Waals surface area contributed by atoms with Gasteiger partial charge in [-0.2, -0.15) is 0 Å². The van der Waals surface area contributed by atoms with Crippen LogP contribution in [0.3, 0.4) is 0 Å². The minimum atomic E-state index is -3.62. The van der Waals surface area contributed by atoms with Crippen molar-refractivity contribution in [3.8, 4) is 5.75 Å². The topological polar surface area (TPSA) is 70.7 Å².